The minimum Gasteiger partial charge on any atom is -0.507 e. The van der Waals surface area contributed by atoms with E-state index in [4.69, 9.17) is 18.9 Å². The van der Waals surface area contributed by atoms with Crippen LogP contribution < -0.4 is 18.9 Å². The van der Waals surface area contributed by atoms with E-state index in [1.807, 2.05) is 0 Å². The highest BCUT2D eigenvalue weighted by molar-refractivity contribution is 6.15. The maximum absolute atomic E-state index is 13.2. The molecule has 0 spiro atoms. The molecule has 0 aliphatic carbocycles. The van der Waals surface area contributed by atoms with Gasteiger partial charge < -0.3 is 24.1 Å². The van der Waals surface area contributed by atoms with Crippen LogP contribution in [0, 0.1) is 13.8 Å². The smallest absolute Gasteiger partial charge is 0.204 e. The van der Waals surface area contributed by atoms with Gasteiger partial charge in [0.25, 0.3) is 0 Å². The number of rotatable bonds is 6. The molecular weight excluding hydrogens is 324 g/mol. The summed E-state index contributed by atoms with van der Waals surface area (Å²) >= 11 is 0. The zero-order valence-electron chi connectivity index (χ0n) is 15.2. The summed E-state index contributed by atoms with van der Waals surface area (Å²) in [5.74, 6) is 1.03. The van der Waals surface area contributed by atoms with Crippen molar-refractivity contribution in [2.24, 2.45) is 0 Å². The first-order chi connectivity index (χ1) is 11.9. The molecule has 0 aliphatic rings. The molecule has 0 saturated heterocycles. The molecule has 0 aromatic heterocycles. The lowest BCUT2D eigenvalue weighted by Gasteiger charge is -2.19. The van der Waals surface area contributed by atoms with Gasteiger partial charge in [0.15, 0.2) is 11.5 Å². The van der Waals surface area contributed by atoms with Crippen molar-refractivity contribution in [3.63, 3.8) is 0 Å². The summed E-state index contributed by atoms with van der Waals surface area (Å²) in [5.41, 5.74) is 1.64. The second kappa shape index (κ2) is 7.34. The second-order valence-electron chi connectivity index (χ2n) is 5.45. The van der Waals surface area contributed by atoms with Crippen molar-refractivity contribution in [2.75, 3.05) is 28.4 Å². The summed E-state index contributed by atoms with van der Waals surface area (Å²) < 4.78 is 21.3. The van der Waals surface area contributed by atoms with Crippen LogP contribution in [0.15, 0.2) is 18.2 Å². The van der Waals surface area contributed by atoms with Crippen molar-refractivity contribution in [2.45, 2.75) is 13.8 Å². The molecule has 0 atom stereocenters. The first-order valence-electron chi connectivity index (χ1n) is 7.62. The zero-order chi connectivity index (χ0) is 18.7. The van der Waals surface area contributed by atoms with Crippen molar-refractivity contribution in [1.29, 1.82) is 0 Å². The molecule has 6 heteroatoms. The Balaban J connectivity index is 2.77. The van der Waals surface area contributed by atoms with Crippen LogP contribution in [0.5, 0.6) is 28.7 Å². The molecule has 0 bridgehead atoms. The first kappa shape index (κ1) is 18.4. The Bertz CT molecular complexity index is 810. The van der Waals surface area contributed by atoms with E-state index >= 15 is 0 Å². The first-order valence-corrected chi connectivity index (χ1v) is 7.62. The lowest BCUT2D eigenvalue weighted by atomic mass is 9.93. The zero-order valence-corrected chi connectivity index (χ0v) is 15.2. The summed E-state index contributed by atoms with van der Waals surface area (Å²) in [6.45, 7) is 3.48. The Hall–Kier alpha value is -2.89. The number of aryl methyl sites for hydroxylation is 1. The third-order valence-corrected chi connectivity index (χ3v) is 4.09. The fourth-order valence-corrected chi connectivity index (χ4v) is 2.87. The number of ketones is 1. The molecule has 1 N–H and O–H groups in total. The Kier molecular flexibility index (Phi) is 5.41. The molecule has 2 aromatic carbocycles. The SMILES string of the molecule is COc1ccc(O)c(C(=O)c2c(C)cc(OC)c(OC)c2OC)c1C. The van der Waals surface area contributed by atoms with E-state index in [2.05, 4.69) is 0 Å². The van der Waals surface area contributed by atoms with Crippen LogP contribution in [-0.4, -0.2) is 39.3 Å². The van der Waals surface area contributed by atoms with Gasteiger partial charge in [0, 0.05) is 5.56 Å². The lowest BCUT2D eigenvalue weighted by molar-refractivity contribution is 0.103. The molecule has 134 valence electrons. The largest absolute Gasteiger partial charge is 0.507 e. The molecule has 2 aromatic rings. The highest BCUT2D eigenvalue weighted by atomic mass is 16.5. The minimum absolute atomic E-state index is 0.125. The summed E-state index contributed by atoms with van der Waals surface area (Å²) in [6.07, 6.45) is 0. The molecule has 0 fully saturated rings. The van der Waals surface area contributed by atoms with E-state index in [0.717, 1.165) is 0 Å². The van der Waals surface area contributed by atoms with E-state index < -0.39 is 0 Å². The Labute approximate surface area is 146 Å². The molecular formula is C19H22O6. The third-order valence-electron chi connectivity index (χ3n) is 4.09. The molecule has 0 amide bonds. The highest BCUT2D eigenvalue weighted by Crippen LogP contribution is 2.44. The van der Waals surface area contributed by atoms with Gasteiger partial charge in [0.2, 0.25) is 11.5 Å². The van der Waals surface area contributed by atoms with Gasteiger partial charge in [0.05, 0.1) is 39.6 Å². The number of phenols is 1. The number of hydrogen-bond acceptors (Lipinski definition) is 6. The fraction of sp³-hybridized carbons (Fsp3) is 0.316. The predicted octanol–water partition coefficient (Wildman–Crippen LogP) is 3.27. The third kappa shape index (κ3) is 3.07. The molecule has 0 radical (unpaired) electrons. The molecule has 0 saturated carbocycles. The average Bonchev–Trinajstić information content (AvgIpc) is 2.60. The topological polar surface area (TPSA) is 74.2 Å². The fourth-order valence-electron chi connectivity index (χ4n) is 2.87. The number of carbonyl (C=O) groups excluding carboxylic acids is 1. The highest BCUT2D eigenvalue weighted by Gasteiger charge is 2.28. The number of ether oxygens (including phenoxy) is 4. The van der Waals surface area contributed by atoms with Crippen LogP contribution >= 0.6 is 0 Å². The summed E-state index contributed by atoms with van der Waals surface area (Å²) in [7, 11) is 5.94. The molecule has 0 heterocycles. The van der Waals surface area contributed by atoms with Gasteiger partial charge in [-0.3, -0.25) is 4.79 Å². The van der Waals surface area contributed by atoms with Crippen LogP contribution in [0.1, 0.15) is 27.0 Å². The number of hydrogen-bond donors (Lipinski definition) is 1. The maximum atomic E-state index is 13.2. The van der Waals surface area contributed by atoms with Crippen molar-refractivity contribution in [3.05, 3.63) is 40.5 Å². The van der Waals surface area contributed by atoms with Crippen molar-refractivity contribution in [3.8, 4) is 28.7 Å². The van der Waals surface area contributed by atoms with E-state index in [9.17, 15) is 9.90 Å². The van der Waals surface area contributed by atoms with Gasteiger partial charge in [-0.1, -0.05) is 0 Å². The van der Waals surface area contributed by atoms with Crippen molar-refractivity contribution < 1.29 is 28.8 Å². The normalized spacial score (nSPS) is 10.3. The average molecular weight is 346 g/mol. The van der Waals surface area contributed by atoms with Gasteiger partial charge >= 0.3 is 0 Å². The van der Waals surface area contributed by atoms with E-state index in [-0.39, 0.29) is 22.8 Å². The molecule has 0 aliphatic heterocycles. The van der Waals surface area contributed by atoms with Crippen molar-refractivity contribution >= 4 is 5.78 Å². The standard InChI is InChI=1S/C19H22O6/c1-10-9-14(23-4)18(24-5)19(25-6)15(10)17(21)16-11(2)13(22-3)8-7-12(16)20/h7-9,20H,1-6H3. The van der Waals surface area contributed by atoms with Crippen LogP contribution in [0.3, 0.4) is 0 Å². The summed E-state index contributed by atoms with van der Waals surface area (Å²) in [6, 6.07) is 4.74. The summed E-state index contributed by atoms with van der Waals surface area (Å²) in [5, 5.41) is 10.3. The van der Waals surface area contributed by atoms with E-state index in [1.165, 1.54) is 34.5 Å². The Morgan fingerprint density at radius 3 is 1.96 bits per heavy atom. The lowest BCUT2D eigenvalue weighted by Crippen LogP contribution is -2.11. The summed E-state index contributed by atoms with van der Waals surface area (Å²) in [4.78, 5) is 13.2. The van der Waals surface area contributed by atoms with Crippen LogP contribution in [-0.2, 0) is 0 Å². The quantitative estimate of drug-likeness (QED) is 0.809. The van der Waals surface area contributed by atoms with Crippen LogP contribution in [0.2, 0.25) is 0 Å². The number of aromatic hydroxyl groups is 1. The van der Waals surface area contributed by atoms with Gasteiger partial charge in [0.1, 0.15) is 11.5 Å². The predicted molar refractivity (Wildman–Crippen MR) is 93.7 cm³/mol. The number of benzene rings is 2. The van der Waals surface area contributed by atoms with Gasteiger partial charge in [-0.05, 0) is 37.6 Å². The van der Waals surface area contributed by atoms with Gasteiger partial charge in [-0.15, -0.1) is 0 Å². The van der Waals surface area contributed by atoms with Crippen LogP contribution in [0.4, 0.5) is 0 Å². The van der Waals surface area contributed by atoms with E-state index in [1.54, 1.807) is 26.0 Å². The number of methoxy groups -OCH3 is 4. The maximum Gasteiger partial charge on any atom is 0.204 e. The Morgan fingerprint density at radius 1 is 0.840 bits per heavy atom. The van der Waals surface area contributed by atoms with Crippen molar-refractivity contribution in [1.82, 2.24) is 0 Å². The van der Waals surface area contributed by atoms with E-state index in [0.29, 0.717) is 33.9 Å². The number of phenolic OH excluding ortho intramolecular Hbond substituents is 1. The number of carbonyl (C=O) groups is 1. The molecule has 6 nitrogen and oxygen atoms in total. The molecule has 2 rings (SSSR count). The van der Waals surface area contributed by atoms with Gasteiger partial charge in [-0.25, -0.2) is 0 Å². The molecule has 0 unspecified atom stereocenters. The second-order valence-corrected chi connectivity index (χ2v) is 5.45. The van der Waals surface area contributed by atoms with Gasteiger partial charge in [-0.2, -0.15) is 0 Å². The minimum atomic E-state index is -0.385. The monoisotopic (exact) mass is 346 g/mol. The van der Waals surface area contributed by atoms with Crippen LogP contribution in [0.25, 0.3) is 0 Å². The molecule has 25 heavy (non-hydrogen) atoms. The Morgan fingerprint density at radius 2 is 1.44 bits per heavy atom.